The van der Waals surface area contributed by atoms with Gasteiger partial charge >= 0.3 is 71.1 Å². The van der Waals surface area contributed by atoms with E-state index in [1.165, 1.54) is 32.1 Å². The molecule has 0 rings (SSSR count). The number of phosphoric acid groups is 1. The topological polar surface area (TPSA) is 125 Å². The van der Waals surface area contributed by atoms with Crippen LogP contribution >= 0.6 is 7.82 Å². The number of phosphoric ester groups is 1. The fourth-order valence-electron chi connectivity index (χ4n) is 2.78. The molecule has 0 aliphatic heterocycles. The van der Waals surface area contributed by atoms with Crippen molar-refractivity contribution >= 4 is 19.8 Å². The number of esters is 2. The Labute approximate surface area is 294 Å². The first-order chi connectivity index (χ1) is 19.3. The van der Waals surface area contributed by atoms with Gasteiger partial charge in [-0.1, -0.05) is 64.2 Å². The van der Waals surface area contributed by atoms with Crippen LogP contribution in [0.1, 0.15) is 78.1 Å². The van der Waals surface area contributed by atoms with Crippen LogP contribution in [0.2, 0.25) is 0 Å². The summed E-state index contributed by atoms with van der Waals surface area (Å²) in [5, 5.41) is 0. The molecule has 0 aromatic heterocycles. The van der Waals surface area contributed by atoms with Gasteiger partial charge in [0.05, 0.1) is 14.4 Å². The summed E-state index contributed by atoms with van der Waals surface area (Å²) in [6.45, 7) is 2.49. The first-order valence-corrected chi connectivity index (χ1v) is 14.2. The SMILES string of the molecule is CC#CC#CC#CC#CC#CC#CC#CC(=O)OC[C@H](COP(=O)([O-])[O-])OC(=O)CCCCCCCCCCC.[Na+].[Na+]. The predicted molar refractivity (Wildman–Crippen MR) is 146 cm³/mol. The Morgan fingerprint density at radius 2 is 1.14 bits per heavy atom. The van der Waals surface area contributed by atoms with Crippen molar-refractivity contribution in [2.24, 2.45) is 0 Å². The van der Waals surface area contributed by atoms with Crippen LogP contribution < -0.4 is 68.9 Å². The van der Waals surface area contributed by atoms with Gasteiger partial charge in [0, 0.05) is 12.3 Å². The van der Waals surface area contributed by atoms with E-state index in [4.69, 9.17) is 9.47 Å². The molecular formula is C31H31Na2O8P. The van der Waals surface area contributed by atoms with Gasteiger partial charge in [-0.25, -0.2) is 4.79 Å². The number of ether oxygens (including phenoxy) is 2. The van der Waals surface area contributed by atoms with Crippen molar-refractivity contribution in [2.45, 2.75) is 84.2 Å². The summed E-state index contributed by atoms with van der Waals surface area (Å²) >= 11 is 0. The molecule has 0 spiro atoms. The molecule has 0 amide bonds. The number of hydrogen-bond donors (Lipinski definition) is 0. The van der Waals surface area contributed by atoms with Crippen LogP contribution in [0.25, 0.3) is 0 Å². The molecule has 0 heterocycles. The number of carbonyl (C=O) groups excluding carboxylic acids is 2. The summed E-state index contributed by atoms with van der Waals surface area (Å²) in [5.41, 5.74) is 0. The molecule has 0 aromatic rings. The van der Waals surface area contributed by atoms with Crippen LogP contribution in [-0.4, -0.2) is 31.3 Å². The van der Waals surface area contributed by atoms with Gasteiger partial charge in [0.2, 0.25) is 0 Å². The third-order valence-corrected chi connectivity index (χ3v) is 5.04. The largest absolute Gasteiger partial charge is 1.00 e. The van der Waals surface area contributed by atoms with Crippen LogP contribution in [0.5, 0.6) is 0 Å². The molecule has 0 unspecified atom stereocenters. The van der Waals surface area contributed by atoms with E-state index < -0.39 is 39.1 Å². The average Bonchev–Trinajstić information content (AvgIpc) is 2.91. The van der Waals surface area contributed by atoms with E-state index >= 15 is 0 Å². The van der Waals surface area contributed by atoms with E-state index in [0.29, 0.717) is 6.42 Å². The van der Waals surface area contributed by atoms with Crippen molar-refractivity contribution in [3.05, 3.63) is 0 Å². The molecule has 0 N–H and O–H groups in total. The molecule has 1 atom stereocenters. The fraction of sp³-hybridized carbons (Fsp3) is 0.484. The van der Waals surface area contributed by atoms with Crippen molar-refractivity contribution in [3.8, 4) is 82.9 Å². The Morgan fingerprint density at radius 1 is 0.690 bits per heavy atom. The van der Waals surface area contributed by atoms with Crippen molar-refractivity contribution < 1.29 is 97.1 Å². The molecule has 0 aliphatic carbocycles. The van der Waals surface area contributed by atoms with Crippen molar-refractivity contribution in [2.75, 3.05) is 13.2 Å². The number of rotatable bonds is 16. The molecule has 0 saturated heterocycles. The molecule has 0 fully saturated rings. The second kappa shape index (κ2) is 31.9. The van der Waals surface area contributed by atoms with E-state index in [1.54, 1.807) is 6.92 Å². The van der Waals surface area contributed by atoms with Gasteiger partial charge in [0.25, 0.3) is 0 Å². The maximum atomic E-state index is 12.1. The Kier molecular flexibility index (Phi) is 33.7. The van der Waals surface area contributed by atoms with E-state index in [0.717, 1.165) is 19.3 Å². The van der Waals surface area contributed by atoms with E-state index in [2.05, 4.69) is 94.3 Å². The molecule has 0 saturated carbocycles. The Bertz CT molecular complexity index is 1300. The van der Waals surface area contributed by atoms with E-state index in [1.807, 2.05) is 0 Å². The predicted octanol–water partition coefficient (Wildman–Crippen LogP) is -3.74. The fourth-order valence-corrected chi connectivity index (χ4v) is 3.13. The van der Waals surface area contributed by atoms with Crippen LogP contribution in [-0.2, 0) is 28.2 Å². The van der Waals surface area contributed by atoms with Crippen LogP contribution in [0.3, 0.4) is 0 Å². The smallest absolute Gasteiger partial charge is 0.790 e. The molecule has 42 heavy (non-hydrogen) atoms. The quantitative estimate of drug-likeness (QED) is 0.0438. The maximum Gasteiger partial charge on any atom is 1.00 e. The van der Waals surface area contributed by atoms with Gasteiger partial charge in [0.15, 0.2) is 6.10 Å². The van der Waals surface area contributed by atoms with E-state index in [-0.39, 0.29) is 65.5 Å². The van der Waals surface area contributed by atoms with Crippen molar-refractivity contribution in [3.63, 3.8) is 0 Å². The molecule has 8 nitrogen and oxygen atoms in total. The van der Waals surface area contributed by atoms with Gasteiger partial charge in [-0.3, -0.25) is 4.79 Å². The molecule has 210 valence electrons. The van der Waals surface area contributed by atoms with Gasteiger partial charge in [-0.15, -0.1) is 0 Å². The summed E-state index contributed by atoms with van der Waals surface area (Å²) in [6.07, 6.45) is 8.41. The van der Waals surface area contributed by atoms with Crippen molar-refractivity contribution in [1.29, 1.82) is 0 Å². The normalized spacial score (nSPS) is 9.14. The first-order valence-electron chi connectivity index (χ1n) is 12.7. The average molecular weight is 609 g/mol. The first kappa shape index (κ1) is 44.4. The summed E-state index contributed by atoms with van der Waals surface area (Å²) in [4.78, 5) is 45.5. The standard InChI is InChI=1S/C31H33O8P.2Na/c1-3-5-7-9-11-13-14-15-16-18-19-21-23-25-30(32)37-27-29(28-38-40(34,35)36)39-31(33)26-24-22-20-17-12-10-8-6-4-2;;/h29H,4,6,8,10,12,17,20,22,24,26-28H2,1-2H3,(H2,34,35,36);;/q;2*+1/p-2/t29-;;/m1../s1. The minimum absolute atomic E-state index is 0. The summed E-state index contributed by atoms with van der Waals surface area (Å²) in [7, 11) is -5.32. The van der Waals surface area contributed by atoms with Gasteiger partial charge in [-0.05, 0) is 84.4 Å². The van der Waals surface area contributed by atoms with Gasteiger partial charge in [-0.2, -0.15) is 0 Å². The Hall–Kier alpha value is -2.03. The third kappa shape index (κ3) is 34.2. The zero-order valence-electron chi connectivity index (χ0n) is 24.8. The van der Waals surface area contributed by atoms with Crippen molar-refractivity contribution in [1.82, 2.24) is 0 Å². The molecule has 0 aromatic carbocycles. The number of hydrogen-bond acceptors (Lipinski definition) is 8. The third-order valence-electron chi connectivity index (χ3n) is 4.58. The monoisotopic (exact) mass is 608 g/mol. The summed E-state index contributed by atoms with van der Waals surface area (Å²) in [6, 6.07) is 0. The summed E-state index contributed by atoms with van der Waals surface area (Å²) in [5.74, 6) is 32.0. The van der Waals surface area contributed by atoms with Gasteiger partial charge in [0.1, 0.15) is 6.61 Å². The second-order valence-corrected chi connectivity index (χ2v) is 9.06. The minimum Gasteiger partial charge on any atom is -0.790 e. The molecule has 0 radical (unpaired) electrons. The number of unbranched alkanes of at least 4 members (excludes halogenated alkanes) is 8. The van der Waals surface area contributed by atoms with Gasteiger partial charge < -0.3 is 28.3 Å². The van der Waals surface area contributed by atoms with Crippen LogP contribution in [0.4, 0.5) is 0 Å². The second-order valence-electron chi connectivity index (χ2n) is 7.91. The van der Waals surface area contributed by atoms with Crippen LogP contribution in [0.15, 0.2) is 0 Å². The Morgan fingerprint density at radius 3 is 1.62 bits per heavy atom. The number of carbonyl (C=O) groups is 2. The summed E-state index contributed by atoms with van der Waals surface area (Å²) < 4.78 is 24.9. The molecule has 0 aliphatic rings. The molecular weight excluding hydrogens is 577 g/mol. The minimum atomic E-state index is -5.32. The van der Waals surface area contributed by atoms with E-state index in [9.17, 15) is 23.9 Å². The maximum absolute atomic E-state index is 12.1. The zero-order valence-corrected chi connectivity index (χ0v) is 29.7. The molecule has 11 heteroatoms. The van der Waals surface area contributed by atoms with Crippen LogP contribution in [0, 0.1) is 82.9 Å². The Balaban J connectivity index is -0.00000760. The molecule has 0 bridgehead atoms. The zero-order chi connectivity index (χ0) is 29.7.